The van der Waals surface area contributed by atoms with Crippen molar-refractivity contribution in [3.63, 3.8) is 0 Å². The topological polar surface area (TPSA) is 32.3 Å². The van der Waals surface area contributed by atoms with Gasteiger partial charge in [0.15, 0.2) is 0 Å². The maximum Gasteiger partial charge on any atom is 0.254 e. The van der Waals surface area contributed by atoms with E-state index in [2.05, 4.69) is 12.2 Å². The van der Waals surface area contributed by atoms with Crippen LogP contribution in [0.4, 0.5) is 5.69 Å². The molecular weight excluding hydrogens is 284 g/mol. The molecule has 1 saturated carbocycles. The van der Waals surface area contributed by atoms with Crippen LogP contribution >= 0.6 is 11.6 Å². The van der Waals surface area contributed by atoms with Gasteiger partial charge in [-0.2, -0.15) is 0 Å². The van der Waals surface area contributed by atoms with Crippen LogP contribution in [0.3, 0.4) is 0 Å². The number of nitrogens with one attached hydrogen (secondary N) is 1. The number of anilines is 1. The monoisotopic (exact) mass is 308 g/mol. The number of amides is 1. The summed E-state index contributed by atoms with van der Waals surface area (Å²) in [7, 11) is 3.48. The fraction of sp³-hybridized carbons (Fsp3) is 0.588. The Morgan fingerprint density at radius 3 is 2.81 bits per heavy atom. The quantitative estimate of drug-likeness (QED) is 0.893. The van der Waals surface area contributed by atoms with Crippen molar-refractivity contribution in [2.45, 2.75) is 45.1 Å². The summed E-state index contributed by atoms with van der Waals surface area (Å²) in [5.41, 5.74) is 1.56. The molecule has 0 saturated heterocycles. The number of rotatable bonds is 4. The van der Waals surface area contributed by atoms with Gasteiger partial charge in [-0.15, -0.1) is 0 Å². The third kappa shape index (κ3) is 4.13. The molecule has 1 fully saturated rings. The van der Waals surface area contributed by atoms with Crippen LogP contribution in [-0.2, 0) is 0 Å². The zero-order valence-corrected chi connectivity index (χ0v) is 13.9. The van der Waals surface area contributed by atoms with E-state index in [0.717, 1.165) is 11.6 Å². The Morgan fingerprint density at radius 1 is 1.38 bits per heavy atom. The van der Waals surface area contributed by atoms with E-state index < -0.39 is 0 Å². The van der Waals surface area contributed by atoms with E-state index in [0.29, 0.717) is 16.6 Å². The van der Waals surface area contributed by atoms with E-state index in [1.54, 1.807) is 25.1 Å². The second-order valence-electron chi connectivity index (χ2n) is 6.18. The molecule has 2 rings (SSSR count). The molecule has 2 atom stereocenters. The number of benzene rings is 1. The van der Waals surface area contributed by atoms with Crippen molar-refractivity contribution >= 4 is 23.2 Å². The predicted octanol–water partition coefficient (Wildman–Crippen LogP) is 4.42. The lowest BCUT2D eigenvalue weighted by Crippen LogP contribution is -2.27. The number of halogens is 1. The lowest BCUT2D eigenvalue weighted by Gasteiger charge is -2.30. The zero-order chi connectivity index (χ0) is 15.4. The van der Waals surface area contributed by atoms with Gasteiger partial charge in [0, 0.05) is 25.8 Å². The van der Waals surface area contributed by atoms with Crippen LogP contribution < -0.4 is 5.32 Å². The summed E-state index contributed by atoms with van der Waals surface area (Å²) in [6.07, 6.45) is 6.31. The largest absolute Gasteiger partial charge is 0.382 e. The molecule has 0 heterocycles. The molecule has 4 heteroatoms. The first-order valence-electron chi connectivity index (χ1n) is 7.79. The first kappa shape index (κ1) is 16.2. The van der Waals surface area contributed by atoms with Gasteiger partial charge >= 0.3 is 0 Å². The van der Waals surface area contributed by atoms with Gasteiger partial charge in [0.2, 0.25) is 0 Å². The van der Waals surface area contributed by atoms with Gasteiger partial charge in [-0.1, -0.05) is 37.8 Å². The fourth-order valence-corrected chi connectivity index (χ4v) is 3.25. The molecule has 1 aromatic rings. The standard InChI is InChI=1S/C17H25ClN2O/c1-4-12-6-5-7-13(10-12)19-14-8-9-16(18)15(11-14)17(21)20(2)3/h8-9,11-13,19H,4-7,10H2,1-3H3. The van der Waals surface area contributed by atoms with Gasteiger partial charge in [-0.05, 0) is 37.0 Å². The van der Waals surface area contributed by atoms with Crippen molar-refractivity contribution in [1.29, 1.82) is 0 Å². The van der Waals surface area contributed by atoms with Crippen molar-refractivity contribution in [1.82, 2.24) is 4.90 Å². The predicted molar refractivity (Wildman–Crippen MR) is 89.1 cm³/mol. The number of hydrogen-bond acceptors (Lipinski definition) is 2. The van der Waals surface area contributed by atoms with Gasteiger partial charge < -0.3 is 10.2 Å². The van der Waals surface area contributed by atoms with Gasteiger partial charge in [-0.25, -0.2) is 0 Å². The molecule has 0 aromatic heterocycles. The summed E-state index contributed by atoms with van der Waals surface area (Å²) in [6, 6.07) is 6.15. The van der Waals surface area contributed by atoms with Crippen molar-refractivity contribution in [2.24, 2.45) is 5.92 Å². The van der Waals surface area contributed by atoms with Gasteiger partial charge in [0.05, 0.1) is 10.6 Å². The van der Waals surface area contributed by atoms with Crippen molar-refractivity contribution in [3.05, 3.63) is 28.8 Å². The minimum absolute atomic E-state index is 0.0567. The third-order valence-corrected chi connectivity index (χ3v) is 4.66. The maximum absolute atomic E-state index is 12.1. The maximum atomic E-state index is 12.1. The Hall–Kier alpha value is -1.22. The Balaban J connectivity index is 2.10. The number of nitrogens with zero attached hydrogens (tertiary/aromatic N) is 1. The van der Waals surface area contributed by atoms with Gasteiger partial charge in [-0.3, -0.25) is 4.79 Å². The molecule has 0 radical (unpaired) electrons. The second kappa shape index (κ2) is 7.17. The average Bonchev–Trinajstić information content (AvgIpc) is 2.48. The summed E-state index contributed by atoms with van der Waals surface area (Å²) < 4.78 is 0. The molecule has 21 heavy (non-hydrogen) atoms. The highest BCUT2D eigenvalue weighted by Gasteiger charge is 2.21. The van der Waals surface area contributed by atoms with Crippen LogP contribution in [0.2, 0.25) is 5.02 Å². The van der Waals surface area contributed by atoms with Gasteiger partial charge in [0.1, 0.15) is 0 Å². The van der Waals surface area contributed by atoms with E-state index in [4.69, 9.17) is 11.6 Å². The zero-order valence-electron chi connectivity index (χ0n) is 13.2. The van der Waals surface area contributed by atoms with Crippen molar-refractivity contribution in [3.8, 4) is 0 Å². The molecule has 3 nitrogen and oxygen atoms in total. The van der Waals surface area contributed by atoms with Crippen LogP contribution in [0.5, 0.6) is 0 Å². The molecule has 1 aliphatic rings. The Bertz CT molecular complexity index is 502. The first-order valence-corrected chi connectivity index (χ1v) is 8.16. The Kier molecular flexibility index (Phi) is 5.51. The van der Waals surface area contributed by atoms with Crippen molar-refractivity contribution < 1.29 is 4.79 Å². The molecule has 1 aliphatic carbocycles. The molecule has 0 aliphatic heterocycles. The number of carbonyl (C=O) groups is 1. The van der Waals surface area contributed by atoms with Crippen LogP contribution in [0.1, 0.15) is 49.4 Å². The SMILES string of the molecule is CCC1CCCC(Nc2ccc(Cl)c(C(=O)N(C)C)c2)C1. The molecule has 1 aromatic carbocycles. The highest BCUT2D eigenvalue weighted by Crippen LogP contribution is 2.29. The number of hydrogen-bond donors (Lipinski definition) is 1. The summed E-state index contributed by atoms with van der Waals surface area (Å²) in [6.45, 7) is 2.27. The van der Waals surface area contributed by atoms with Crippen LogP contribution in [0, 0.1) is 5.92 Å². The van der Waals surface area contributed by atoms with Crippen LogP contribution in [0.15, 0.2) is 18.2 Å². The normalized spacial score (nSPS) is 21.9. The van der Waals surface area contributed by atoms with Crippen LogP contribution in [-0.4, -0.2) is 30.9 Å². The van der Waals surface area contributed by atoms with Crippen molar-refractivity contribution in [2.75, 3.05) is 19.4 Å². The minimum atomic E-state index is -0.0567. The second-order valence-corrected chi connectivity index (χ2v) is 6.58. The lowest BCUT2D eigenvalue weighted by atomic mass is 9.84. The molecule has 1 amide bonds. The summed E-state index contributed by atoms with van der Waals surface area (Å²) in [5, 5.41) is 4.09. The lowest BCUT2D eigenvalue weighted by molar-refractivity contribution is 0.0828. The van der Waals surface area contributed by atoms with E-state index >= 15 is 0 Å². The van der Waals surface area contributed by atoms with Gasteiger partial charge in [0.25, 0.3) is 5.91 Å². The fourth-order valence-electron chi connectivity index (χ4n) is 3.05. The van der Waals surface area contributed by atoms with Crippen LogP contribution in [0.25, 0.3) is 0 Å². The molecular formula is C17H25ClN2O. The smallest absolute Gasteiger partial charge is 0.254 e. The van der Waals surface area contributed by atoms with E-state index in [9.17, 15) is 4.79 Å². The summed E-state index contributed by atoms with van der Waals surface area (Å²) >= 11 is 6.15. The highest BCUT2D eigenvalue weighted by molar-refractivity contribution is 6.34. The molecule has 2 unspecified atom stereocenters. The Labute approximate surface area is 132 Å². The summed E-state index contributed by atoms with van der Waals surface area (Å²) in [5.74, 6) is 0.769. The Morgan fingerprint density at radius 2 is 2.14 bits per heavy atom. The highest BCUT2D eigenvalue weighted by atomic mass is 35.5. The third-order valence-electron chi connectivity index (χ3n) is 4.33. The van der Waals surface area contributed by atoms with E-state index in [1.165, 1.54) is 32.1 Å². The number of carbonyl (C=O) groups excluding carboxylic acids is 1. The van der Waals surface area contributed by atoms with E-state index in [-0.39, 0.29) is 5.91 Å². The molecule has 1 N–H and O–H groups in total. The minimum Gasteiger partial charge on any atom is -0.382 e. The average molecular weight is 309 g/mol. The molecule has 0 spiro atoms. The molecule has 116 valence electrons. The first-order chi connectivity index (χ1) is 10.0. The summed E-state index contributed by atoms with van der Waals surface area (Å²) in [4.78, 5) is 13.7. The van der Waals surface area contributed by atoms with E-state index in [1.807, 2.05) is 12.1 Å². The molecule has 0 bridgehead atoms.